The third-order valence-corrected chi connectivity index (χ3v) is 4.01. The van der Waals surface area contributed by atoms with Crippen molar-refractivity contribution in [2.45, 2.75) is 26.7 Å². The Kier molecular flexibility index (Phi) is 6.99. The van der Waals surface area contributed by atoms with Crippen molar-refractivity contribution in [3.63, 3.8) is 0 Å². The van der Waals surface area contributed by atoms with Crippen LogP contribution in [0, 0.1) is 5.41 Å². The maximum absolute atomic E-state index is 11.7. The van der Waals surface area contributed by atoms with E-state index < -0.39 is 21.4 Å². The second-order valence-corrected chi connectivity index (χ2v) is 6.71. The summed E-state index contributed by atoms with van der Waals surface area (Å²) < 4.78 is 30.1. The first-order valence-corrected chi connectivity index (χ1v) is 7.56. The van der Waals surface area contributed by atoms with Crippen LogP contribution in [0.2, 0.25) is 0 Å². The van der Waals surface area contributed by atoms with Gasteiger partial charge in [0.05, 0.1) is 18.3 Å². The molecular formula is C11H22N2O5S. The van der Waals surface area contributed by atoms with Gasteiger partial charge in [0.1, 0.15) is 0 Å². The first-order valence-electron chi connectivity index (χ1n) is 5.91. The predicted octanol–water partition coefficient (Wildman–Crippen LogP) is -0.369. The summed E-state index contributed by atoms with van der Waals surface area (Å²) in [6.45, 7) is 3.29. The molecule has 0 bridgehead atoms. The Labute approximate surface area is 114 Å². The number of hydrogen-bond donors (Lipinski definition) is 2. The molecule has 0 saturated carbocycles. The molecule has 0 unspecified atom stereocenters. The Balaban J connectivity index is 4.24. The largest absolute Gasteiger partial charge is 0.469 e. The highest BCUT2D eigenvalue weighted by Crippen LogP contribution is 2.13. The van der Waals surface area contributed by atoms with Crippen molar-refractivity contribution < 1.29 is 22.7 Å². The minimum absolute atomic E-state index is 0.00717. The van der Waals surface area contributed by atoms with Crippen LogP contribution in [0.15, 0.2) is 0 Å². The first-order chi connectivity index (χ1) is 8.64. The maximum atomic E-state index is 11.7. The third kappa shape index (κ3) is 7.12. The second kappa shape index (κ2) is 7.44. The number of methoxy groups -OCH3 is 1. The highest BCUT2D eigenvalue weighted by molar-refractivity contribution is 7.89. The molecular weight excluding hydrogens is 272 g/mol. The molecule has 0 aromatic rings. The van der Waals surface area contributed by atoms with Gasteiger partial charge in [0.15, 0.2) is 0 Å². The van der Waals surface area contributed by atoms with Crippen LogP contribution in [0.1, 0.15) is 26.7 Å². The minimum atomic E-state index is -3.50. The summed E-state index contributed by atoms with van der Waals surface area (Å²) in [4.78, 5) is 22.3. The molecule has 0 aromatic carbocycles. The van der Waals surface area contributed by atoms with Crippen LogP contribution in [-0.2, 0) is 24.3 Å². The molecule has 0 rings (SSSR count). The van der Waals surface area contributed by atoms with Gasteiger partial charge in [-0.25, -0.2) is 13.1 Å². The number of amides is 1. The van der Waals surface area contributed by atoms with Gasteiger partial charge >= 0.3 is 5.97 Å². The number of sulfonamides is 1. The fourth-order valence-electron chi connectivity index (χ4n) is 1.29. The Hall–Kier alpha value is -1.15. The van der Waals surface area contributed by atoms with Gasteiger partial charge in [-0.2, -0.15) is 0 Å². The summed E-state index contributed by atoms with van der Waals surface area (Å²) in [7, 11) is -0.752. The van der Waals surface area contributed by atoms with E-state index in [2.05, 4.69) is 14.8 Å². The number of nitrogens with one attached hydrogen (secondary N) is 2. The van der Waals surface area contributed by atoms with Crippen LogP contribution in [-0.4, -0.2) is 46.7 Å². The minimum Gasteiger partial charge on any atom is -0.469 e. The first kappa shape index (κ1) is 17.8. The van der Waals surface area contributed by atoms with Gasteiger partial charge in [-0.05, 0) is 20.3 Å². The van der Waals surface area contributed by atoms with Crippen LogP contribution < -0.4 is 10.0 Å². The number of rotatable bonds is 8. The van der Waals surface area contributed by atoms with Crippen molar-refractivity contribution in [3.05, 3.63) is 0 Å². The molecule has 0 atom stereocenters. The molecule has 8 heteroatoms. The van der Waals surface area contributed by atoms with Crippen LogP contribution in [0.4, 0.5) is 0 Å². The van der Waals surface area contributed by atoms with Crippen molar-refractivity contribution in [1.29, 1.82) is 0 Å². The molecule has 2 N–H and O–H groups in total. The highest BCUT2D eigenvalue weighted by Gasteiger charge is 2.28. The summed E-state index contributed by atoms with van der Waals surface area (Å²) in [5.74, 6) is -0.864. The van der Waals surface area contributed by atoms with Crippen LogP contribution >= 0.6 is 0 Å². The Bertz CT molecular complexity index is 417. The lowest BCUT2D eigenvalue weighted by Gasteiger charge is -2.22. The number of ether oxygens (including phenoxy) is 1. The van der Waals surface area contributed by atoms with Crippen molar-refractivity contribution in [1.82, 2.24) is 10.0 Å². The predicted molar refractivity (Wildman–Crippen MR) is 70.9 cm³/mol. The van der Waals surface area contributed by atoms with Crippen LogP contribution in [0.3, 0.4) is 0 Å². The zero-order valence-corrected chi connectivity index (χ0v) is 12.6. The maximum Gasteiger partial charge on any atom is 0.305 e. The molecule has 0 radical (unpaired) electrons. The lowest BCUT2D eigenvalue weighted by atomic mass is 9.93. The normalized spacial score (nSPS) is 12.0. The van der Waals surface area contributed by atoms with Crippen LogP contribution in [0.25, 0.3) is 0 Å². The standard InChI is InChI=1S/C11H22N2O5S/c1-11(2,10(15)12-3)8-13-19(16,17)7-5-6-9(14)18-4/h13H,5-8H2,1-4H3,(H,12,15). The van der Waals surface area contributed by atoms with E-state index in [4.69, 9.17) is 0 Å². The van der Waals surface area contributed by atoms with Crippen molar-refractivity contribution >= 4 is 21.9 Å². The third-order valence-electron chi connectivity index (χ3n) is 2.60. The van der Waals surface area contributed by atoms with Crippen LogP contribution in [0.5, 0.6) is 0 Å². The molecule has 0 saturated heterocycles. The SMILES string of the molecule is CNC(=O)C(C)(C)CNS(=O)(=O)CCCC(=O)OC. The van der Waals surface area contributed by atoms with Gasteiger partial charge in [0.25, 0.3) is 0 Å². The summed E-state index contributed by atoms with van der Waals surface area (Å²) in [6.07, 6.45) is 0.235. The topological polar surface area (TPSA) is 102 Å². The summed E-state index contributed by atoms with van der Waals surface area (Å²) in [6, 6.07) is 0. The van der Waals surface area contributed by atoms with Crippen molar-refractivity contribution in [2.75, 3.05) is 26.5 Å². The second-order valence-electron chi connectivity index (χ2n) is 4.78. The fourth-order valence-corrected chi connectivity index (χ4v) is 2.54. The molecule has 0 aromatic heterocycles. The highest BCUT2D eigenvalue weighted by atomic mass is 32.2. The fraction of sp³-hybridized carbons (Fsp3) is 0.818. The lowest BCUT2D eigenvalue weighted by molar-refractivity contribution is -0.140. The van der Waals surface area contributed by atoms with Gasteiger partial charge in [-0.3, -0.25) is 9.59 Å². The van der Waals surface area contributed by atoms with E-state index in [0.717, 1.165) is 0 Å². The zero-order valence-electron chi connectivity index (χ0n) is 11.8. The van der Waals surface area contributed by atoms with Gasteiger partial charge in [-0.15, -0.1) is 0 Å². The molecule has 0 heterocycles. The van der Waals surface area contributed by atoms with E-state index in [1.807, 2.05) is 0 Å². The van der Waals surface area contributed by atoms with Gasteiger partial charge in [-0.1, -0.05) is 0 Å². The molecule has 7 nitrogen and oxygen atoms in total. The monoisotopic (exact) mass is 294 g/mol. The molecule has 0 spiro atoms. The number of carbonyl (C=O) groups is 2. The lowest BCUT2D eigenvalue weighted by Crippen LogP contribution is -2.44. The van der Waals surface area contributed by atoms with E-state index in [1.165, 1.54) is 14.2 Å². The van der Waals surface area contributed by atoms with E-state index in [0.29, 0.717) is 0 Å². The Morgan fingerprint density at radius 2 is 1.84 bits per heavy atom. The van der Waals surface area contributed by atoms with Crippen molar-refractivity contribution in [3.8, 4) is 0 Å². The smallest absolute Gasteiger partial charge is 0.305 e. The molecule has 19 heavy (non-hydrogen) atoms. The Morgan fingerprint density at radius 3 is 2.32 bits per heavy atom. The summed E-state index contributed by atoms with van der Waals surface area (Å²) >= 11 is 0. The average molecular weight is 294 g/mol. The quantitative estimate of drug-likeness (QED) is 0.595. The molecule has 0 aliphatic carbocycles. The van der Waals surface area contributed by atoms with E-state index >= 15 is 0 Å². The molecule has 0 fully saturated rings. The molecule has 0 aliphatic rings. The number of esters is 1. The summed E-state index contributed by atoms with van der Waals surface area (Å²) in [5.41, 5.74) is -0.829. The van der Waals surface area contributed by atoms with E-state index in [9.17, 15) is 18.0 Å². The van der Waals surface area contributed by atoms with Crippen molar-refractivity contribution in [2.24, 2.45) is 5.41 Å². The summed E-state index contributed by atoms with van der Waals surface area (Å²) in [5, 5.41) is 2.47. The van der Waals surface area contributed by atoms with Gasteiger partial charge < -0.3 is 10.1 Å². The Morgan fingerprint density at radius 1 is 1.26 bits per heavy atom. The average Bonchev–Trinajstić information content (AvgIpc) is 2.35. The van der Waals surface area contributed by atoms with E-state index in [1.54, 1.807) is 13.8 Å². The number of carbonyl (C=O) groups excluding carboxylic acids is 2. The number of hydrogen-bond acceptors (Lipinski definition) is 5. The molecule has 0 aliphatic heterocycles. The molecule has 112 valence electrons. The van der Waals surface area contributed by atoms with Gasteiger partial charge in [0.2, 0.25) is 15.9 Å². The van der Waals surface area contributed by atoms with Gasteiger partial charge in [0, 0.05) is 20.0 Å². The molecule has 1 amide bonds. The van der Waals surface area contributed by atoms with E-state index in [-0.39, 0.29) is 31.0 Å². The zero-order chi connectivity index (χ0) is 15.1.